The second kappa shape index (κ2) is 8.72. The van der Waals surface area contributed by atoms with Crippen LogP contribution in [0.15, 0.2) is 34.7 Å². The number of furan rings is 1. The van der Waals surface area contributed by atoms with Crippen LogP contribution in [0.5, 0.6) is 0 Å². The lowest BCUT2D eigenvalue weighted by Gasteiger charge is -2.09. The van der Waals surface area contributed by atoms with Gasteiger partial charge in [0.2, 0.25) is 0 Å². The highest BCUT2D eigenvalue weighted by atomic mass is 19.4. The Morgan fingerprint density at radius 1 is 1.22 bits per heavy atom. The summed E-state index contributed by atoms with van der Waals surface area (Å²) in [6.07, 6.45) is -4.06. The fourth-order valence-corrected chi connectivity index (χ4v) is 2.37. The van der Waals surface area contributed by atoms with Gasteiger partial charge in [0.05, 0.1) is 6.61 Å². The maximum absolute atomic E-state index is 12.1. The lowest BCUT2D eigenvalue weighted by molar-refractivity contribution is -0.176. The van der Waals surface area contributed by atoms with E-state index in [2.05, 4.69) is 10.1 Å². The number of nitrogens with one attached hydrogen (secondary N) is 1. The minimum absolute atomic E-state index is 0.0635. The van der Waals surface area contributed by atoms with Crippen molar-refractivity contribution in [3.05, 3.63) is 58.5 Å². The molecule has 0 spiro atoms. The number of carbonyl (C=O) groups is 2. The first-order chi connectivity index (χ1) is 12.7. The van der Waals surface area contributed by atoms with Crippen molar-refractivity contribution in [2.75, 3.05) is 6.61 Å². The van der Waals surface area contributed by atoms with Gasteiger partial charge in [-0.2, -0.15) is 13.2 Å². The van der Waals surface area contributed by atoms with Crippen LogP contribution in [0.1, 0.15) is 44.7 Å². The van der Waals surface area contributed by atoms with Crippen LogP contribution in [0.2, 0.25) is 0 Å². The molecule has 0 aliphatic rings. The zero-order valence-corrected chi connectivity index (χ0v) is 14.4. The summed E-state index contributed by atoms with van der Waals surface area (Å²) in [5.74, 6) is -1.68. The van der Waals surface area contributed by atoms with Gasteiger partial charge in [0.25, 0.3) is 5.91 Å². The van der Waals surface area contributed by atoms with Crippen LogP contribution in [0.4, 0.5) is 13.2 Å². The number of carboxylic acid groups (broad SMARTS) is 1. The van der Waals surface area contributed by atoms with E-state index in [1.165, 1.54) is 0 Å². The number of carboxylic acids is 1. The number of aromatic carboxylic acids is 1. The number of hydrogen-bond donors (Lipinski definition) is 2. The van der Waals surface area contributed by atoms with Crippen molar-refractivity contribution in [1.29, 1.82) is 0 Å². The maximum Gasteiger partial charge on any atom is 0.411 e. The fraction of sp³-hybridized carbons (Fsp3) is 0.333. The Bertz CT molecular complexity index is 814. The van der Waals surface area contributed by atoms with Gasteiger partial charge in [-0.25, -0.2) is 4.79 Å². The Morgan fingerprint density at radius 2 is 1.93 bits per heavy atom. The number of hydrogen-bond acceptors (Lipinski definition) is 4. The summed E-state index contributed by atoms with van der Waals surface area (Å²) in [5.41, 5.74) is 1.12. The molecule has 1 heterocycles. The molecular weight excluding hydrogens is 367 g/mol. The van der Waals surface area contributed by atoms with Crippen LogP contribution in [0.25, 0.3) is 0 Å². The summed E-state index contributed by atoms with van der Waals surface area (Å²) in [4.78, 5) is 23.2. The standard InChI is InChI=1S/C18H18F3NO5/c1-2-14-13(17(24)25)7-15(27-14)16(23)22-8-11-4-3-5-12(6-11)9-26-10-18(19,20)21/h3-7H,2,8-10H2,1H3,(H,22,23)(H,24,25). The van der Waals surface area contributed by atoms with Crippen molar-refractivity contribution >= 4 is 11.9 Å². The summed E-state index contributed by atoms with van der Waals surface area (Å²) < 4.78 is 46.2. The smallest absolute Gasteiger partial charge is 0.411 e. The van der Waals surface area contributed by atoms with E-state index < -0.39 is 24.7 Å². The molecule has 0 radical (unpaired) electrons. The predicted octanol–water partition coefficient (Wildman–Crippen LogP) is 3.55. The molecule has 6 nitrogen and oxygen atoms in total. The molecule has 0 saturated heterocycles. The molecule has 0 fully saturated rings. The van der Waals surface area contributed by atoms with E-state index in [-0.39, 0.29) is 30.2 Å². The number of aryl methyl sites for hydroxylation is 1. The molecule has 2 rings (SSSR count). The molecule has 0 atom stereocenters. The number of amides is 1. The van der Waals surface area contributed by atoms with Crippen molar-refractivity contribution < 1.29 is 37.0 Å². The summed E-state index contributed by atoms with van der Waals surface area (Å²) in [7, 11) is 0. The molecule has 9 heteroatoms. The van der Waals surface area contributed by atoms with Crippen LogP contribution >= 0.6 is 0 Å². The molecule has 0 unspecified atom stereocenters. The Labute approximate surface area is 152 Å². The summed E-state index contributed by atoms with van der Waals surface area (Å²) in [5, 5.41) is 11.7. The van der Waals surface area contributed by atoms with E-state index in [0.717, 1.165) is 6.07 Å². The van der Waals surface area contributed by atoms with Crippen molar-refractivity contribution in [3.8, 4) is 0 Å². The van der Waals surface area contributed by atoms with E-state index >= 15 is 0 Å². The van der Waals surface area contributed by atoms with Crippen LogP contribution in [0, 0.1) is 0 Å². The van der Waals surface area contributed by atoms with E-state index in [0.29, 0.717) is 17.5 Å². The second-order valence-electron chi connectivity index (χ2n) is 5.72. The van der Waals surface area contributed by atoms with Crippen molar-refractivity contribution in [1.82, 2.24) is 5.32 Å². The van der Waals surface area contributed by atoms with Gasteiger partial charge in [-0.05, 0) is 11.1 Å². The topological polar surface area (TPSA) is 88.8 Å². The van der Waals surface area contributed by atoms with Gasteiger partial charge >= 0.3 is 12.1 Å². The monoisotopic (exact) mass is 385 g/mol. The highest BCUT2D eigenvalue weighted by Gasteiger charge is 2.27. The van der Waals surface area contributed by atoms with Gasteiger partial charge in [0, 0.05) is 19.0 Å². The van der Waals surface area contributed by atoms with E-state index in [4.69, 9.17) is 9.52 Å². The molecule has 0 saturated carbocycles. The first-order valence-corrected chi connectivity index (χ1v) is 8.06. The number of halogens is 3. The quantitative estimate of drug-likeness (QED) is 0.726. The Balaban J connectivity index is 1.95. The van der Waals surface area contributed by atoms with Gasteiger partial charge in [-0.1, -0.05) is 31.2 Å². The van der Waals surface area contributed by atoms with E-state index in [1.807, 2.05) is 0 Å². The molecule has 2 aromatic rings. The first-order valence-electron chi connectivity index (χ1n) is 8.06. The largest absolute Gasteiger partial charge is 0.478 e. The third kappa shape index (κ3) is 6.14. The summed E-state index contributed by atoms with van der Waals surface area (Å²) >= 11 is 0. The van der Waals surface area contributed by atoms with E-state index in [1.54, 1.807) is 31.2 Å². The molecule has 146 valence electrons. The average Bonchev–Trinajstić information content (AvgIpc) is 3.04. The Morgan fingerprint density at radius 3 is 2.52 bits per heavy atom. The summed E-state index contributed by atoms with van der Waals surface area (Å²) in [6, 6.07) is 7.71. The van der Waals surface area contributed by atoms with Crippen molar-refractivity contribution in [3.63, 3.8) is 0 Å². The SMILES string of the molecule is CCc1oc(C(=O)NCc2cccc(COCC(F)(F)F)c2)cc1C(=O)O. The van der Waals surface area contributed by atoms with Gasteiger partial charge in [-0.15, -0.1) is 0 Å². The minimum atomic E-state index is -4.39. The zero-order chi connectivity index (χ0) is 20.0. The van der Waals surface area contributed by atoms with Gasteiger partial charge in [-0.3, -0.25) is 4.79 Å². The van der Waals surface area contributed by atoms with Crippen LogP contribution in [-0.2, 0) is 24.3 Å². The van der Waals surface area contributed by atoms with E-state index in [9.17, 15) is 22.8 Å². The predicted molar refractivity (Wildman–Crippen MR) is 88.4 cm³/mol. The minimum Gasteiger partial charge on any atom is -0.478 e. The molecule has 0 aliphatic heterocycles. The molecule has 1 amide bonds. The highest BCUT2D eigenvalue weighted by Crippen LogP contribution is 2.17. The Kier molecular flexibility index (Phi) is 6.62. The molecule has 1 aromatic heterocycles. The van der Waals surface area contributed by atoms with Crippen LogP contribution in [0.3, 0.4) is 0 Å². The van der Waals surface area contributed by atoms with Gasteiger partial charge in [0.1, 0.15) is 17.9 Å². The number of rotatable bonds is 8. The van der Waals surface area contributed by atoms with Gasteiger partial charge in [0.15, 0.2) is 5.76 Å². The van der Waals surface area contributed by atoms with Crippen LogP contribution < -0.4 is 5.32 Å². The molecule has 0 bridgehead atoms. The third-order valence-corrected chi connectivity index (χ3v) is 3.56. The number of carbonyl (C=O) groups excluding carboxylic acids is 1. The molecule has 1 aromatic carbocycles. The second-order valence-corrected chi connectivity index (χ2v) is 5.72. The van der Waals surface area contributed by atoms with Crippen molar-refractivity contribution in [2.45, 2.75) is 32.7 Å². The number of benzene rings is 1. The first kappa shape index (κ1) is 20.5. The van der Waals surface area contributed by atoms with Crippen molar-refractivity contribution in [2.24, 2.45) is 0 Å². The maximum atomic E-state index is 12.1. The highest BCUT2D eigenvalue weighted by molar-refractivity contribution is 5.96. The Hall–Kier alpha value is -2.81. The average molecular weight is 385 g/mol. The number of ether oxygens (including phenoxy) is 1. The zero-order valence-electron chi connectivity index (χ0n) is 14.4. The molecule has 2 N–H and O–H groups in total. The third-order valence-electron chi connectivity index (χ3n) is 3.56. The lowest BCUT2D eigenvalue weighted by Crippen LogP contribution is -2.22. The van der Waals surface area contributed by atoms with Crippen LogP contribution in [-0.4, -0.2) is 29.8 Å². The number of alkyl halides is 3. The molecular formula is C18H18F3NO5. The lowest BCUT2D eigenvalue weighted by atomic mass is 10.1. The van der Waals surface area contributed by atoms with Gasteiger partial charge < -0.3 is 19.6 Å². The normalized spacial score (nSPS) is 11.4. The fourth-order valence-electron chi connectivity index (χ4n) is 2.37. The molecule has 27 heavy (non-hydrogen) atoms. The molecule has 0 aliphatic carbocycles. The summed E-state index contributed by atoms with van der Waals surface area (Å²) in [6.45, 7) is 0.259.